The van der Waals surface area contributed by atoms with E-state index in [0.29, 0.717) is 35.7 Å². The Morgan fingerprint density at radius 2 is 2.06 bits per heavy atom. The molecule has 1 fully saturated rings. The lowest BCUT2D eigenvalue weighted by molar-refractivity contribution is -0.0197. The molecule has 1 aliphatic carbocycles. The molecule has 2 unspecified atom stereocenters. The minimum atomic E-state index is -2.96. The first-order chi connectivity index (χ1) is 15.8. The van der Waals surface area contributed by atoms with Crippen LogP contribution in [0.25, 0.3) is 16.7 Å². The Bertz CT molecular complexity index is 1310. The number of likely N-dealkylation sites (tertiary alicyclic amines) is 1. The Labute approximate surface area is 189 Å². The fourth-order valence-corrected chi connectivity index (χ4v) is 4.89. The van der Waals surface area contributed by atoms with Gasteiger partial charge in [-0.3, -0.25) is 18.9 Å². The van der Waals surface area contributed by atoms with Gasteiger partial charge in [-0.25, -0.2) is 18.6 Å². The summed E-state index contributed by atoms with van der Waals surface area (Å²) in [5.41, 5.74) is 2.72. The molecule has 2 aliphatic rings. The molecule has 0 bridgehead atoms. The second kappa shape index (κ2) is 7.90. The van der Waals surface area contributed by atoms with Crippen molar-refractivity contribution in [3.8, 4) is 0 Å². The van der Waals surface area contributed by atoms with Crippen LogP contribution in [-0.2, 0) is 13.6 Å². The number of hydrogen-bond donors (Lipinski definition) is 0. The van der Waals surface area contributed by atoms with Crippen LogP contribution >= 0.6 is 0 Å². The van der Waals surface area contributed by atoms with Gasteiger partial charge in [-0.2, -0.15) is 0 Å². The quantitative estimate of drug-likeness (QED) is 0.594. The number of amides is 1. The summed E-state index contributed by atoms with van der Waals surface area (Å²) >= 11 is 0. The molecule has 0 N–H and O–H groups in total. The first-order valence-corrected chi connectivity index (χ1v) is 11.1. The van der Waals surface area contributed by atoms with Crippen molar-refractivity contribution in [2.24, 2.45) is 18.9 Å². The molecule has 0 radical (unpaired) electrons. The number of alkyl halides is 2. The van der Waals surface area contributed by atoms with Crippen molar-refractivity contribution in [1.82, 2.24) is 24.0 Å². The highest BCUT2D eigenvalue weighted by Crippen LogP contribution is 2.41. The lowest BCUT2D eigenvalue weighted by atomic mass is 9.99. The molecule has 1 amide bonds. The van der Waals surface area contributed by atoms with Crippen molar-refractivity contribution >= 4 is 22.6 Å². The number of imidazole rings is 1. The normalized spacial score (nSPS) is 20.4. The lowest BCUT2D eigenvalue weighted by Gasteiger charge is -2.17. The molecule has 3 aromatic rings. The van der Waals surface area contributed by atoms with Crippen molar-refractivity contribution in [3.63, 3.8) is 0 Å². The van der Waals surface area contributed by atoms with Crippen LogP contribution in [0.4, 0.5) is 8.78 Å². The molecule has 5 rings (SSSR count). The van der Waals surface area contributed by atoms with E-state index in [9.17, 15) is 18.4 Å². The third-order valence-corrected chi connectivity index (χ3v) is 6.80. The molecule has 1 aliphatic heterocycles. The van der Waals surface area contributed by atoms with E-state index in [-0.39, 0.29) is 18.2 Å². The summed E-state index contributed by atoms with van der Waals surface area (Å²) in [7, 11) is 1.56. The SMILES string of the molecule is CCC(F)(F)Cn1c(=O)n(C)c2nc(C3=CC4CN(C(=O)c5cccnc5)CC4C3)ccc21. The molecule has 3 aromatic heterocycles. The van der Waals surface area contributed by atoms with Crippen LogP contribution in [0.3, 0.4) is 0 Å². The van der Waals surface area contributed by atoms with Crippen molar-refractivity contribution in [2.45, 2.75) is 32.2 Å². The number of fused-ring (bicyclic) bond motifs is 2. The number of halogens is 2. The van der Waals surface area contributed by atoms with Gasteiger partial charge in [0.15, 0.2) is 5.65 Å². The van der Waals surface area contributed by atoms with E-state index in [1.165, 1.54) is 11.5 Å². The van der Waals surface area contributed by atoms with Gasteiger partial charge in [0.25, 0.3) is 11.8 Å². The summed E-state index contributed by atoms with van der Waals surface area (Å²) < 4.78 is 30.4. The number of rotatable bonds is 5. The van der Waals surface area contributed by atoms with Gasteiger partial charge in [0.05, 0.1) is 23.3 Å². The van der Waals surface area contributed by atoms with Crippen molar-refractivity contribution in [3.05, 3.63) is 64.5 Å². The fraction of sp³-hybridized carbons (Fsp3) is 0.417. The summed E-state index contributed by atoms with van der Waals surface area (Å²) in [4.78, 5) is 35.9. The second-order valence-corrected chi connectivity index (χ2v) is 8.95. The van der Waals surface area contributed by atoms with Crippen LogP contribution in [-0.4, -0.2) is 48.9 Å². The number of aromatic nitrogens is 4. The highest BCUT2D eigenvalue weighted by atomic mass is 19.3. The minimum Gasteiger partial charge on any atom is -0.338 e. The van der Waals surface area contributed by atoms with Crippen LogP contribution in [0.2, 0.25) is 0 Å². The largest absolute Gasteiger partial charge is 0.338 e. The van der Waals surface area contributed by atoms with E-state index in [4.69, 9.17) is 0 Å². The fourth-order valence-electron chi connectivity index (χ4n) is 4.89. The number of allylic oxidation sites excluding steroid dienone is 1. The third-order valence-electron chi connectivity index (χ3n) is 6.80. The second-order valence-electron chi connectivity index (χ2n) is 8.95. The van der Waals surface area contributed by atoms with E-state index in [1.54, 1.807) is 43.7 Å². The van der Waals surface area contributed by atoms with Gasteiger partial charge in [0.2, 0.25) is 0 Å². The summed E-state index contributed by atoms with van der Waals surface area (Å²) in [6.45, 7) is 2.06. The first-order valence-electron chi connectivity index (χ1n) is 11.1. The lowest BCUT2D eigenvalue weighted by Crippen LogP contribution is -2.31. The molecule has 33 heavy (non-hydrogen) atoms. The molecule has 2 atom stereocenters. The van der Waals surface area contributed by atoms with Gasteiger partial charge < -0.3 is 4.90 Å². The van der Waals surface area contributed by atoms with E-state index in [1.807, 2.05) is 4.90 Å². The molecular weight excluding hydrogens is 428 g/mol. The van der Waals surface area contributed by atoms with E-state index in [2.05, 4.69) is 16.0 Å². The smallest absolute Gasteiger partial charge is 0.330 e. The van der Waals surface area contributed by atoms with Gasteiger partial charge in [0, 0.05) is 39.0 Å². The van der Waals surface area contributed by atoms with Crippen LogP contribution in [0, 0.1) is 11.8 Å². The van der Waals surface area contributed by atoms with Gasteiger partial charge in [0.1, 0.15) is 0 Å². The molecule has 7 nitrogen and oxygen atoms in total. The highest BCUT2D eigenvalue weighted by molar-refractivity contribution is 5.94. The number of nitrogens with zero attached hydrogens (tertiary/aromatic N) is 5. The summed E-state index contributed by atoms with van der Waals surface area (Å²) in [6, 6.07) is 7.04. The van der Waals surface area contributed by atoms with E-state index in [0.717, 1.165) is 22.3 Å². The molecule has 172 valence electrons. The van der Waals surface area contributed by atoms with Gasteiger partial charge in [-0.05, 0) is 48.1 Å². The van der Waals surface area contributed by atoms with Crippen LogP contribution in [0.5, 0.6) is 0 Å². The topological polar surface area (TPSA) is 73.0 Å². The molecule has 0 spiro atoms. The average Bonchev–Trinajstić information content (AvgIpc) is 3.46. The van der Waals surface area contributed by atoms with Gasteiger partial charge >= 0.3 is 5.69 Å². The van der Waals surface area contributed by atoms with E-state index >= 15 is 0 Å². The van der Waals surface area contributed by atoms with Crippen LogP contribution in [0.15, 0.2) is 47.5 Å². The molecule has 0 saturated carbocycles. The predicted molar refractivity (Wildman–Crippen MR) is 120 cm³/mol. The maximum atomic E-state index is 14.0. The van der Waals surface area contributed by atoms with Crippen molar-refractivity contribution in [2.75, 3.05) is 13.1 Å². The maximum absolute atomic E-state index is 14.0. The molecule has 4 heterocycles. The van der Waals surface area contributed by atoms with Crippen LogP contribution in [0.1, 0.15) is 35.8 Å². The van der Waals surface area contributed by atoms with E-state index < -0.39 is 18.2 Å². The monoisotopic (exact) mass is 453 g/mol. The number of hydrogen-bond acceptors (Lipinski definition) is 4. The molecule has 0 aromatic carbocycles. The molecular formula is C24H25F2N5O2. The summed E-state index contributed by atoms with van der Waals surface area (Å²) in [5, 5.41) is 0. The van der Waals surface area contributed by atoms with Crippen LogP contribution < -0.4 is 5.69 Å². The van der Waals surface area contributed by atoms with Crippen molar-refractivity contribution in [1.29, 1.82) is 0 Å². The first kappa shape index (κ1) is 21.5. The summed E-state index contributed by atoms with van der Waals surface area (Å²) in [5.74, 6) is -2.40. The zero-order valence-corrected chi connectivity index (χ0v) is 18.5. The highest BCUT2D eigenvalue weighted by Gasteiger charge is 2.39. The number of aryl methyl sites for hydroxylation is 1. The Hall–Kier alpha value is -3.36. The zero-order chi connectivity index (χ0) is 23.3. The molecule has 9 heteroatoms. The Balaban J connectivity index is 1.38. The third kappa shape index (κ3) is 3.75. The van der Waals surface area contributed by atoms with Gasteiger partial charge in [-0.15, -0.1) is 0 Å². The minimum absolute atomic E-state index is 0.00721. The Morgan fingerprint density at radius 3 is 2.76 bits per heavy atom. The maximum Gasteiger partial charge on any atom is 0.330 e. The number of carbonyl (C=O) groups is 1. The zero-order valence-electron chi connectivity index (χ0n) is 18.5. The average molecular weight is 453 g/mol. The Morgan fingerprint density at radius 1 is 1.24 bits per heavy atom. The van der Waals surface area contributed by atoms with Crippen molar-refractivity contribution < 1.29 is 13.6 Å². The number of pyridine rings is 2. The van der Waals surface area contributed by atoms with Gasteiger partial charge in [-0.1, -0.05) is 13.0 Å². The standard InChI is InChI=1S/C24H25F2N5O2/c1-3-24(25,26)14-31-20-7-6-19(28-21(20)29(2)23(31)33)16-9-17-12-30(13-18(17)10-16)22(32)15-5-4-8-27-11-15/h4-9,11,17-18H,3,10,12-14H2,1-2H3. The Kier molecular flexibility index (Phi) is 5.14. The predicted octanol–water partition coefficient (Wildman–Crippen LogP) is 3.35. The molecule has 1 saturated heterocycles. The summed E-state index contributed by atoms with van der Waals surface area (Å²) in [6.07, 6.45) is 5.84. The number of carbonyl (C=O) groups excluding carboxylic acids is 1.